The number of aromatic nitrogens is 1. The average molecular weight is 330 g/mol. The monoisotopic (exact) mass is 330 g/mol. The van der Waals surface area contributed by atoms with Crippen LogP contribution in [0.3, 0.4) is 0 Å². The largest absolute Gasteiger partial charge is 0.385 e. The molecule has 3 aromatic rings. The van der Waals surface area contributed by atoms with E-state index >= 15 is 0 Å². The summed E-state index contributed by atoms with van der Waals surface area (Å²) in [4.78, 5) is 4.41. The van der Waals surface area contributed by atoms with E-state index in [-0.39, 0.29) is 0 Å². The molecule has 1 aromatic heterocycles. The second-order valence-corrected chi connectivity index (χ2v) is 6.36. The summed E-state index contributed by atoms with van der Waals surface area (Å²) in [6.45, 7) is 3.30. The first-order valence-corrected chi connectivity index (χ1v) is 9.22. The van der Waals surface area contributed by atoms with Gasteiger partial charge in [0, 0.05) is 23.8 Å². The molecule has 0 radical (unpaired) electrons. The van der Waals surface area contributed by atoms with Crippen molar-refractivity contribution in [3.05, 3.63) is 71.9 Å². The maximum atomic E-state index is 4.41. The van der Waals surface area contributed by atoms with Gasteiger partial charge in [-0.05, 0) is 41.8 Å². The molecule has 0 saturated carbocycles. The summed E-state index contributed by atoms with van der Waals surface area (Å²) in [7, 11) is 0. The summed E-state index contributed by atoms with van der Waals surface area (Å²) < 4.78 is 0. The Morgan fingerprint density at radius 1 is 0.880 bits per heavy atom. The molecule has 0 saturated heterocycles. The van der Waals surface area contributed by atoms with Gasteiger partial charge in [0.15, 0.2) is 0 Å². The highest BCUT2D eigenvalue weighted by Crippen LogP contribution is 2.19. The number of unbranched alkanes of at least 4 members (excludes halogenated alkanes) is 3. The molecule has 0 fully saturated rings. The quantitative estimate of drug-likeness (QED) is 0.483. The van der Waals surface area contributed by atoms with Gasteiger partial charge < -0.3 is 5.32 Å². The molecule has 2 heteroatoms. The highest BCUT2D eigenvalue weighted by molar-refractivity contribution is 5.90. The number of nitrogens with one attached hydrogen (secondary N) is 1. The second-order valence-electron chi connectivity index (χ2n) is 6.36. The molecule has 0 aliphatic carbocycles. The topological polar surface area (TPSA) is 24.9 Å². The van der Waals surface area contributed by atoms with Crippen molar-refractivity contribution in [2.24, 2.45) is 0 Å². The van der Waals surface area contributed by atoms with Crippen molar-refractivity contribution in [2.45, 2.75) is 32.6 Å². The van der Waals surface area contributed by atoms with Crippen molar-refractivity contribution in [1.82, 2.24) is 4.98 Å². The normalized spacial score (nSPS) is 11.2. The molecular weight excluding hydrogens is 304 g/mol. The summed E-state index contributed by atoms with van der Waals surface area (Å²) in [6, 6.07) is 18.9. The van der Waals surface area contributed by atoms with E-state index in [1.807, 2.05) is 18.3 Å². The molecule has 0 aliphatic rings. The molecule has 3 rings (SSSR count). The van der Waals surface area contributed by atoms with Crippen LogP contribution in [0.2, 0.25) is 0 Å². The lowest BCUT2D eigenvalue weighted by Crippen LogP contribution is -2.00. The van der Waals surface area contributed by atoms with Crippen LogP contribution in [0.15, 0.2) is 60.8 Å². The number of hydrogen-bond acceptors (Lipinski definition) is 2. The van der Waals surface area contributed by atoms with Crippen molar-refractivity contribution < 1.29 is 0 Å². The lowest BCUT2D eigenvalue weighted by Gasteiger charge is -2.06. The van der Waals surface area contributed by atoms with E-state index in [1.165, 1.54) is 47.9 Å². The summed E-state index contributed by atoms with van der Waals surface area (Å²) >= 11 is 0. The van der Waals surface area contributed by atoms with Crippen LogP contribution in [0.1, 0.15) is 43.7 Å². The van der Waals surface area contributed by atoms with E-state index in [2.05, 4.69) is 71.8 Å². The summed E-state index contributed by atoms with van der Waals surface area (Å²) in [5.74, 6) is 0. The molecule has 0 spiro atoms. The summed E-state index contributed by atoms with van der Waals surface area (Å²) in [5.41, 5.74) is 4.64. The van der Waals surface area contributed by atoms with E-state index in [0.29, 0.717) is 0 Å². The van der Waals surface area contributed by atoms with E-state index < -0.39 is 0 Å². The third-order valence-corrected chi connectivity index (χ3v) is 4.41. The predicted molar refractivity (Wildman–Crippen MR) is 110 cm³/mol. The van der Waals surface area contributed by atoms with Gasteiger partial charge in [0.2, 0.25) is 0 Å². The van der Waals surface area contributed by atoms with Crippen LogP contribution in [0.4, 0.5) is 5.69 Å². The highest BCUT2D eigenvalue weighted by Gasteiger charge is 1.98. The maximum Gasteiger partial charge on any atom is 0.0707 e. The minimum atomic E-state index is 1.03. The first kappa shape index (κ1) is 17.2. The van der Waals surface area contributed by atoms with Gasteiger partial charge in [0.25, 0.3) is 0 Å². The van der Waals surface area contributed by atoms with Crippen molar-refractivity contribution in [3.63, 3.8) is 0 Å². The van der Waals surface area contributed by atoms with Crippen molar-refractivity contribution in [2.75, 3.05) is 11.9 Å². The zero-order valence-corrected chi connectivity index (χ0v) is 14.9. The third kappa shape index (κ3) is 4.93. The van der Waals surface area contributed by atoms with E-state index in [9.17, 15) is 0 Å². The van der Waals surface area contributed by atoms with Gasteiger partial charge in [-0.1, -0.05) is 68.7 Å². The fourth-order valence-corrected chi connectivity index (χ4v) is 2.95. The van der Waals surface area contributed by atoms with Crippen LogP contribution in [0.25, 0.3) is 23.1 Å². The molecule has 25 heavy (non-hydrogen) atoms. The second kappa shape index (κ2) is 9.03. The minimum absolute atomic E-state index is 1.03. The van der Waals surface area contributed by atoms with Gasteiger partial charge in [-0.15, -0.1) is 0 Å². The van der Waals surface area contributed by atoms with Crippen molar-refractivity contribution in [3.8, 4) is 0 Å². The maximum absolute atomic E-state index is 4.41. The van der Waals surface area contributed by atoms with Gasteiger partial charge >= 0.3 is 0 Å². The Morgan fingerprint density at radius 2 is 1.72 bits per heavy atom. The molecule has 2 aromatic carbocycles. The Morgan fingerprint density at radius 3 is 2.56 bits per heavy atom. The minimum Gasteiger partial charge on any atom is -0.385 e. The molecule has 0 aliphatic heterocycles. The molecular formula is C23H26N2. The Bertz CT molecular complexity index is 814. The first-order chi connectivity index (χ1) is 12.4. The van der Waals surface area contributed by atoms with Gasteiger partial charge in [-0.3, -0.25) is 4.98 Å². The molecule has 0 unspecified atom stereocenters. The number of rotatable bonds is 8. The van der Waals surface area contributed by atoms with Crippen LogP contribution >= 0.6 is 0 Å². The zero-order chi connectivity index (χ0) is 17.3. The molecule has 2 nitrogen and oxygen atoms in total. The van der Waals surface area contributed by atoms with Gasteiger partial charge in [0.05, 0.1) is 5.52 Å². The van der Waals surface area contributed by atoms with Crippen LogP contribution < -0.4 is 5.32 Å². The number of anilines is 1. The SMILES string of the molecule is CCCCCCNc1ccc(C=Cc2ccnc3ccccc23)cc1. The molecule has 0 atom stereocenters. The molecule has 0 amide bonds. The Balaban J connectivity index is 1.62. The van der Waals surface area contributed by atoms with E-state index in [4.69, 9.17) is 0 Å². The lowest BCUT2D eigenvalue weighted by atomic mass is 10.1. The Kier molecular flexibility index (Phi) is 6.22. The molecule has 0 bridgehead atoms. The third-order valence-electron chi connectivity index (χ3n) is 4.41. The number of hydrogen-bond donors (Lipinski definition) is 1. The molecule has 1 N–H and O–H groups in total. The van der Waals surface area contributed by atoms with Crippen LogP contribution in [0, 0.1) is 0 Å². The number of pyridine rings is 1. The van der Waals surface area contributed by atoms with Gasteiger partial charge in [-0.2, -0.15) is 0 Å². The number of nitrogens with zero attached hydrogens (tertiary/aromatic N) is 1. The van der Waals surface area contributed by atoms with Crippen molar-refractivity contribution >= 4 is 28.7 Å². The number of fused-ring (bicyclic) bond motifs is 1. The average Bonchev–Trinajstić information content (AvgIpc) is 2.67. The fourth-order valence-electron chi connectivity index (χ4n) is 2.95. The van der Waals surface area contributed by atoms with Crippen LogP contribution in [-0.4, -0.2) is 11.5 Å². The van der Waals surface area contributed by atoms with Gasteiger partial charge in [0.1, 0.15) is 0 Å². The molecule has 1 heterocycles. The summed E-state index contributed by atoms with van der Waals surface area (Å²) in [5, 5.41) is 4.68. The Labute approximate surface area is 150 Å². The predicted octanol–water partition coefficient (Wildman–Crippen LogP) is 6.40. The Hall–Kier alpha value is -2.61. The first-order valence-electron chi connectivity index (χ1n) is 9.22. The smallest absolute Gasteiger partial charge is 0.0707 e. The molecule has 128 valence electrons. The number of para-hydroxylation sites is 1. The number of benzene rings is 2. The zero-order valence-electron chi connectivity index (χ0n) is 14.9. The summed E-state index contributed by atoms with van der Waals surface area (Å²) in [6.07, 6.45) is 11.4. The fraction of sp³-hybridized carbons (Fsp3) is 0.261. The lowest BCUT2D eigenvalue weighted by molar-refractivity contribution is 0.685. The highest BCUT2D eigenvalue weighted by atomic mass is 14.9. The standard InChI is InChI=1S/C23H26N2/c1-2-3-4-7-17-24-21-14-11-19(12-15-21)10-13-20-16-18-25-23-9-6-5-8-22(20)23/h5-6,8-16,18,24H,2-4,7,17H2,1H3. The van der Waals surface area contributed by atoms with E-state index in [1.54, 1.807) is 0 Å². The van der Waals surface area contributed by atoms with E-state index in [0.717, 1.165) is 12.1 Å². The van der Waals surface area contributed by atoms with Crippen molar-refractivity contribution in [1.29, 1.82) is 0 Å². The van der Waals surface area contributed by atoms with Gasteiger partial charge in [-0.25, -0.2) is 0 Å². The van der Waals surface area contributed by atoms with Crippen LogP contribution in [0.5, 0.6) is 0 Å². The van der Waals surface area contributed by atoms with Crippen LogP contribution in [-0.2, 0) is 0 Å².